The molecule has 0 radical (unpaired) electrons. The summed E-state index contributed by atoms with van der Waals surface area (Å²) >= 11 is 9.19. The lowest BCUT2D eigenvalue weighted by molar-refractivity contribution is 0.399. The molecule has 19 heavy (non-hydrogen) atoms. The Bertz CT molecular complexity index is 537. The smallest absolute Gasteiger partial charge is 0.224 e. The molecule has 0 aliphatic heterocycles. The minimum absolute atomic E-state index is 0.257. The van der Waals surface area contributed by atoms with E-state index in [0.29, 0.717) is 6.54 Å². The van der Waals surface area contributed by atoms with Crippen LogP contribution < -0.4 is 5.32 Å². The third-order valence-corrected chi connectivity index (χ3v) is 2.97. The summed E-state index contributed by atoms with van der Waals surface area (Å²) in [6, 6.07) is 8.11. The summed E-state index contributed by atoms with van der Waals surface area (Å²) < 4.78 is 1.06. The van der Waals surface area contributed by atoms with Gasteiger partial charge in [-0.25, -0.2) is 9.97 Å². The van der Waals surface area contributed by atoms with Gasteiger partial charge in [0, 0.05) is 29.9 Å². The maximum absolute atomic E-state index is 7.00. The van der Waals surface area contributed by atoms with E-state index in [1.54, 1.807) is 6.20 Å². The number of rotatable bonds is 3. The zero-order valence-corrected chi connectivity index (χ0v) is 13.0. The second-order valence-electron chi connectivity index (χ2n) is 3.65. The van der Waals surface area contributed by atoms with Gasteiger partial charge in [-0.1, -0.05) is 28.1 Å². The molecule has 1 heterocycles. The Morgan fingerprint density at radius 3 is 2.79 bits per heavy atom. The van der Waals surface area contributed by atoms with Gasteiger partial charge in [0.25, 0.3) is 0 Å². The summed E-state index contributed by atoms with van der Waals surface area (Å²) in [4.78, 5) is 8.06. The molecule has 2 aromatic rings. The lowest BCUT2D eigenvalue weighted by Gasteiger charge is -2.08. The minimum atomic E-state index is 0.257. The zero-order valence-electron chi connectivity index (χ0n) is 10.7. The highest BCUT2D eigenvalue weighted by Crippen LogP contribution is 2.16. The van der Waals surface area contributed by atoms with Crippen LogP contribution in [0.3, 0.4) is 0 Å². The molecule has 1 aromatic heterocycles. The van der Waals surface area contributed by atoms with Gasteiger partial charge in [-0.2, -0.15) is 0 Å². The van der Waals surface area contributed by atoms with Crippen molar-refractivity contribution in [2.45, 2.75) is 13.5 Å². The molecule has 2 rings (SSSR count). The number of hydrogen-bond donors (Lipinski definition) is 2. The molecule has 1 aromatic carbocycles. The molecule has 0 amide bonds. The lowest BCUT2D eigenvalue weighted by atomic mass is 10.2. The van der Waals surface area contributed by atoms with Crippen molar-refractivity contribution >= 4 is 33.3 Å². The minimum Gasteiger partial charge on any atom is -0.400 e. The average Bonchev–Trinajstić information content (AvgIpc) is 2.42. The Balaban J connectivity index is 0.000000861. The van der Waals surface area contributed by atoms with Crippen molar-refractivity contribution in [2.75, 3.05) is 12.4 Å². The van der Waals surface area contributed by atoms with Gasteiger partial charge >= 0.3 is 0 Å². The van der Waals surface area contributed by atoms with Crippen LogP contribution in [-0.2, 0) is 6.54 Å². The number of benzene rings is 1. The van der Waals surface area contributed by atoms with E-state index in [1.807, 2.05) is 19.1 Å². The van der Waals surface area contributed by atoms with E-state index in [1.165, 1.54) is 5.56 Å². The highest BCUT2D eigenvalue weighted by molar-refractivity contribution is 9.10. The fraction of sp³-hybridized carbons (Fsp3) is 0.231. The highest BCUT2D eigenvalue weighted by atomic mass is 79.9. The molecule has 4 nitrogen and oxygen atoms in total. The number of aromatic nitrogens is 2. The third-order valence-electron chi connectivity index (χ3n) is 2.29. The van der Waals surface area contributed by atoms with Crippen LogP contribution in [0.25, 0.3) is 0 Å². The van der Waals surface area contributed by atoms with E-state index in [4.69, 9.17) is 16.7 Å². The Labute approximate surface area is 126 Å². The Hall–Kier alpha value is -1.17. The summed E-state index contributed by atoms with van der Waals surface area (Å²) in [6.07, 6.45) is 1.71. The first-order valence-corrected chi connectivity index (χ1v) is 6.74. The topological polar surface area (TPSA) is 58.0 Å². The highest BCUT2D eigenvalue weighted by Gasteiger charge is 2.02. The maximum atomic E-state index is 7.00. The Morgan fingerprint density at radius 1 is 1.37 bits per heavy atom. The number of hydrogen-bond acceptors (Lipinski definition) is 4. The van der Waals surface area contributed by atoms with Gasteiger partial charge < -0.3 is 10.4 Å². The number of anilines is 1. The fourth-order valence-electron chi connectivity index (χ4n) is 1.43. The van der Waals surface area contributed by atoms with Crippen LogP contribution in [0, 0.1) is 6.92 Å². The molecule has 2 N–H and O–H groups in total. The van der Waals surface area contributed by atoms with Gasteiger partial charge in [0.1, 0.15) is 5.82 Å². The first-order chi connectivity index (χ1) is 9.15. The predicted molar refractivity (Wildman–Crippen MR) is 81.4 cm³/mol. The van der Waals surface area contributed by atoms with Gasteiger partial charge in [-0.15, -0.1) is 0 Å². The molecule has 0 fully saturated rings. The number of nitrogens with one attached hydrogen (secondary N) is 1. The molecule has 0 atom stereocenters. The molecule has 0 aliphatic carbocycles. The normalized spacial score (nSPS) is 9.53. The second-order valence-corrected chi connectivity index (χ2v) is 4.91. The van der Waals surface area contributed by atoms with Crippen molar-refractivity contribution in [3.8, 4) is 0 Å². The van der Waals surface area contributed by atoms with Gasteiger partial charge in [0.2, 0.25) is 5.28 Å². The molecular weight excluding hydrogens is 330 g/mol. The maximum Gasteiger partial charge on any atom is 0.224 e. The monoisotopic (exact) mass is 343 g/mol. The van der Waals surface area contributed by atoms with Crippen molar-refractivity contribution in [1.29, 1.82) is 0 Å². The molecule has 0 spiro atoms. The number of aryl methyl sites for hydroxylation is 1. The van der Waals surface area contributed by atoms with E-state index < -0.39 is 0 Å². The number of halogens is 2. The molecule has 0 unspecified atom stereocenters. The number of nitrogens with zero attached hydrogens (tertiary/aromatic N) is 2. The molecule has 0 bridgehead atoms. The third kappa shape index (κ3) is 5.14. The van der Waals surface area contributed by atoms with Gasteiger partial charge in [0.15, 0.2) is 0 Å². The van der Waals surface area contributed by atoms with E-state index in [-0.39, 0.29) is 5.28 Å². The Morgan fingerprint density at radius 2 is 2.11 bits per heavy atom. The molecule has 6 heteroatoms. The number of aliphatic hydroxyl groups is 1. The fourth-order valence-corrected chi connectivity index (χ4v) is 2.01. The van der Waals surface area contributed by atoms with Gasteiger partial charge in [0.05, 0.1) is 0 Å². The Kier molecular flexibility index (Phi) is 6.77. The van der Waals surface area contributed by atoms with E-state index >= 15 is 0 Å². The predicted octanol–water partition coefficient (Wildman–Crippen LogP) is 3.42. The van der Waals surface area contributed by atoms with Gasteiger partial charge in [-0.3, -0.25) is 0 Å². The SMILES string of the molecule is CO.Cc1cnc(Cl)nc1NCc1cccc(Br)c1. The summed E-state index contributed by atoms with van der Waals surface area (Å²) in [5.74, 6) is 0.768. The van der Waals surface area contributed by atoms with Crippen LogP contribution in [0.2, 0.25) is 5.28 Å². The van der Waals surface area contributed by atoms with Crippen LogP contribution in [0.4, 0.5) is 5.82 Å². The largest absolute Gasteiger partial charge is 0.400 e. The van der Waals surface area contributed by atoms with E-state index in [2.05, 4.69) is 43.3 Å². The average molecular weight is 345 g/mol. The first-order valence-electron chi connectivity index (χ1n) is 5.57. The summed E-state index contributed by atoms with van der Waals surface area (Å²) in [5, 5.41) is 10.5. The molecular formula is C13H15BrClN3O. The van der Waals surface area contributed by atoms with Gasteiger partial charge in [-0.05, 0) is 36.2 Å². The van der Waals surface area contributed by atoms with E-state index in [9.17, 15) is 0 Å². The van der Waals surface area contributed by atoms with Crippen LogP contribution >= 0.6 is 27.5 Å². The summed E-state index contributed by atoms with van der Waals surface area (Å²) in [6.45, 7) is 2.65. The molecule has 0 saturated carbocycles. The van der Waals surface area contributed by atoms with Crippen LogP contribution in [-0.4, -0.2) is 22.2 Å². The van der Waals surface area contributed by atoms with Crippen molar-refractivity contribution in [2.24, 2.45) is 0 Å². The van der Waals surface area contributed by atoms with Crippen LogP contribution in [0.15, 0.2) is 34.9 Å². The van der Waals surface area contributed by atoms with Crippen molar-refractivity contribution < 1.29 is 5.11 Å². The second kappa shape index (κ2) is 8.09. The summed E-state index contributed by atoms with van der Waals surface area (Å²) in [7, 11) is 1.00. The quantitative estimate of drug-likeness (QED) is 0.838. The first kappa shape index (κ1) is 15.9. The van der Waals surface area contributed by atoms with Crippen LogP contribution in [0.5, 0.6) is 0 Å². The van der Waals surface area contributed by atoms with Crippen molar-refractivity contribution in [1.82, 2.24) is 9.97 Å². The van der Waals surface area contributed by atoms with Crippen LogP contribution in [0.1, 0.15) is 11.1 Å². The zero-order chi connectivity index (χ0) is 14.3. The number of aliphatic hydroxyl groups excluding tert-OH is 1. The standard InChI is InChI=1S/C12H11BrClN3.CH4O/c1-8-6-16-12(14)17-11(8)15-7-9-3-2-4-10(13)5-9;1-2/h2-6H,7H2,1H3,(H,15,16,17);2H,1H3. The van der Waals surface area contributed by atoms with Crippen molar-refractivity contribution in [3.05, 3.63) is 51.3 Å². The lowest BCUT2D eigenvalue weighted by Crippen LogP contribution is -2.04. The summed E-state index contributed by atoms with van der Waals surface area (Å²) in [5.41, 5.74) is 2.15. The van der Waals surface area contributed by atoms with E-state index in [0.717, 1.165) is 23.0 Å². The molecule has 0 saturated heterocycles. The van der Waals surface area contributed by atoms with Crippen molar-refractivity contribution in [3.63, 3.8) is 0 Å². The molecule has 102 valence electrons. The molecule has 0 aliphatic rings.